The second kappa shape index (κ2) is 7.46. The van der Waals surface area contributed by atoms with E-state index in [9.17, 15) is 13.9 Å². The van der Waals surface area contributed by atoms with Crippen LogP contribution < -0.4 is 5.32 Å². The van der Waals surface area contributed by atoms with Gasteiger partial charge in [-0.25, -0.2) is 8.78 Å². The Balaban J connectivity index is 1.48. The molecule has 0 bridgehead atoms. The molecule has 0 radical (unpaired) electrons. The number of benzene rings is 2. The first-order valence-electron chi connectivity index (χ1n) is 9.21. The van der Waals surface area contributed by atoms with Crippen molar-refractivity contribution in [1.29, 1.82) is 0 Å². The van der Waals surface area contributed by atoms with E-state index in [2.05, 4.69) is 15.3 Å². The first kappa shape index (κ1) is 19.4. The Hall–Kier alpha value is -2.97. The molecule has 1 aliphatic rings. The molecule has 1 aliphatic heterocycles. The van der Waals surface area contributed by atoms with Crippen molar-refractivity contribution >= 4 is 28.5 Å². The molecule has 0 spiro atoms. The summed E-state index contributed by atoms with van der Waals surface area (Å²) in [5, 5.41) is 13.3. The molecule has 0 aliphatic carbocycles. The number of aromatic nitrogens is 1. The minimum absolute atomic E-state index is 0.165. The maximum atomic E-state index is 14.4. The van der Waals surface area contributed by atoms with Gasteiger partial charge in [-0.1, -0.05) is 6.07 Å². The summed E-state index contributed by atoms with van der Waals surface area (Å²) in [6.45, 7) is 4.51. The average Bonchev–Trinajstić information content (AvgIpc) is 3.18. The standard InChI is InChI=1S/C21H21F2N3O3/c1-21(2)28-11-13(29-21)9-25-17-7-6-12(8-16(17)23)24-10-14-19-15(22)4-3-5-18(19)26-20(14)27/h3-8,10,13,25-27H,9,11H2,1-2H3. The topological polar surface area (TPSA) is 78.9 Å². The first-order valence-corrected chi connectivity index (χ1v) is 9.21. The van der Waals surface area contributed by atoms with Crippen LogP contribution in [0.15, 0.2) is 41.4 Å². The largest absolute Gasteiger partial charge is 0.494 e. The minimum atomic E-state index is -0.628. The van der Waals surface area contributed by atoms with E-state index in [1.54, 1.807) is 24.3 Å². The van der Waals surface area contributed by atoms with E-state index in [1.807, 2.05) is 13.8 Å². The Morgan fingerprint density at radius 2 is 2.10 bits per heavy atom. The van der Waals surface area contributed by atoms with Crippen LogP contribution >= 0.6 is 0 Å². The van der Waals surface area contributed by atoms with Crippen molar-refractivity contribution in [3.05, 3.63) is 53.6 Å². The quantitative estimate of drug-likeness (QED) is 0.552. The van der Waals surface area contributed by atoms with Crippen molar-refractivity contribution in [1.82, 2.24) is 4.98 Å². The predicted molar refractivity (Wildman–Crippen MR) is 107 cm³/mol. The number of halogens is 2. The maximum absolute atomic E-state index is 14.4. The molecule has 0 saturated carbocycles. The second-order valence-electron chi connectivity index (χ2n) is 7.30. The van der Waals surface area contributed by atoms with Crippen molar-refractivity contribution in [2.24, 2.45) is 4.99 Å². The number of aromatic amines is 1. The van der Waals surface area contributed by atoms with Gasteiger partial charge in [0.15, 0.2) is 11.7 Å². The Morgan fingerprint density at radius 3 is 2.83 bits per heavy atom. The van der Waals surface area contributed by atoms with E-state index in [4.69, 9.17) is 9.47 Å². The zero-order valence-electron chi connectivity index (χ0n) is 16.0. The van der Waals surface area contributed by atoms with E-state index < -0.39 is 17.4 Å². The van der Waals surface area contributed by atoms with Gasteiger partial charge in [-0.05, 0) is 38.1 Å². The van der Waals surface area contributed by atoms with E-state index >= 15 is 0 Å². The van der Waals surface area contributed by atoms with Crippen LogP contribution in [0.1, 0.15) is 19.4 Å². The highest BCUT2D eigenvalue weighted by atomic mass is 19.1. The normalized spacial score (nSPS) is 18.7. The van der Waals surface area contributed by atoms with E-state index in [1.165, 1.54) is 18.3 Å². The van der Waals surface area contributed by atoms with E-state index in [-0.39, 0.29) is 22.9 Å². The summed E-state index contributed by atoms with van der Waals surface area (Å²) in [5.74, 6) is -1.79. The molecule has 1 saturated heterocycles. The number of nitrogens with one attached hydrogen (secondary N) is 2. The van der Waals surface area contributed by atoms with Crippen LogP contribution in [0.2, 0.25) is 0 Å². The van der Waals surface area contributed by atoms with Crippen LogP contribution in [-0.4, -0.2) is 41.3 Å². The van der Waals surface area contributed by atoms with Gasteiger partial charge in [-0.3, -0.25) is 4.99 Å². The fourth-order valence-electron chi connectivity index (χ4n) is 3.30. The van der Waals surface area contributed by atoms with Gasteiger partial charge < -0.3 is 24.9 Å². The third-order valence-electron chi connectivity index (χ3n) is 4.67. The number of ether oxygens (including phenoxy) is 2. The van der Waals surface area contributed by atoms with Gasteiger partial charge in [0.1, 0.15) is 17.7 Å². The molecule has 8 heteroatoms. The van der Waals surface area contributed by atoms with Gasteiger partial charge in [-0.2, -0.15) is 0 Å². The minimum Gasteiger partial charge on any atom is -0.494 e. The van der Waals surface area contributed by atoms with Crippen molar-refractivity contribution in [2.75, 3.05) is 18.5 Å². The molecule has 3 aromatic rings. The number of aromatic hydroxyl groups is 1. The van der Waals surface area contributed by atoms with Gasteiger partial charge in [0.2, 0.25) is 0 Å². The summed E-state index contributed by atoms with van der Waals surface area (Å²) in [7, 11) is 0. The fraction of sp³-hybridized carbons (Fsp3) is 0.286. The number of nitrogens with zero attached hydrogens (tertiary/aromatic N) is 1. The summed E-state index contributed by atoms with van der Waals surface area (Å²) in [6, 6.07) is 8.94. The molecule has 152 valence electrons. The lowest BCUT2D eigenvalue weighted by Gasteiger charge is -2.17. The lowest BCUT2D eigenvalue weighted by molar-refractivity contribution is -0.136. The molecule has 0 amide bonds. The third-order valence-corrected chi connectivity index (χ3v) is 4.67. The number of hydrogen-bond donors (Lipinski definition) is 3. The molecule has 1 unspecified atom stereocenters. The van der Waals surface area contributed by atoms with Gasteiger partial charge in [0.25, 0.3) is 0 Å². The van der Waals surface area contributed by atoms with E-state index in [0.717, 1.165) is 0 Å². The van der Waals surface area contributed by atoms with Gasteiger partial charge in [0.05, 0.1) is 29.1 Å². The molecule has 4 rings (SSSR count). The maximum Gasteiger partial charge on any atom is 0.198 e. The van der Waals surface area contributed by atoms with Crippen LogP contribution in [0.4, 0.5) is 20.2 Å². The number of hydrogen-bond acceptors (Lipinski definition) is 5. The highest BCUT2D eigenvalue weighted by molar-refractivity contribution is 6.02. The highest BCUT2D eigenvalue weighted by Gasteiger charge is 2.32. The zero-order valence-corrected chi connectivity index (χ0v) is 16.0. The molecular formula is C21H21F2N3O3. The average molecular weight is 401 g/mol. The van der Waals surface area contributed by atoms with Crippen molar-refractivity contribution in [3.8, 4) is 5.88 Å². The molecule has 1 atom stereocenters. The number of aliphatic imine (C=N–C) groups is 1. The van der Waals surface area contributed by atoms with Crippen molar-refractivity contribution in [3.63, 3.8) is 0 Å². The molecule has 2 aromatic carbocycles. The summed E-state index contributed by atoms with van der Waals surface area (Å²) in [6.07, 6.45) is 1.15. The number of H-pyrrole nitrogens is 1. The SMILES string of the molecule is CC1(C)OCC(CNc2ccc(N=Cc3c(O)[nH]c4cccc(F)c34)cc2F)O1. The fourth-order valence-corrected chi connectivity index (χ4v) is 3.30. The van der Waals surface area contributed by atoms with Gasteiger partial charge in [0, 0.05) is 24.2 Å². The molecular weight excluding hydrogens is 380 g/mol. The summed E-state index contributed by atoms with van der Waals surface area (Å²) >= 11 is 0. The van der Waals surface area contributed by atoms with Crippen LogP contribution in [-0.2, 0) is 9.47 Å². The van der Waals surface area contributed by atoms with Gasteiger partial charge >= 0.3 is 0 Å². The van der Waals surface area contributed by atoms with E-state index in [0.29, 0.717) is 30.0 Å². The third kappa shape index (κ3) is 4.08. The molecule has 3 N–H and O–H groups in total. The zero-order chi connectivity index (χ0) is 20.6. The smallest absolute Gasteiger partial charge is 0.198 e. The highest BCUT2D eigenvalue weighted by Crippen LogP contribution is 2.29. The summed E-state index contributed by atoms with van der Waals surface area (Å²) < 4.78 is 39.7. The predicted octanol–water partition coefficient (Wildman–Crippen LogP) is 4.47. The number of anilines is 1. The Kier molecular flexibility index (Phi) is 4.97. The lowest BCUT2D eigenvalue weighted by atomic mass is 10.1. The Labute approximate surface area is 166 Å². The van der Waals surface area contributed by atoms with Crippen LogP contribution in [0.3, 0.4) is 0 Å². The Morgan fingerprint density at radius 1 is 1.28 bits per heavy atom. The molecule has 2 heterocycles. The number of rotatable bonds is 5. The first-order chi connectivity index (χ1) is 13.8. The molecule has 1 fully saturated rings. The van der Waals surface area contributed by atoms with Gasteiger partial charge in [-0.15, -0.1) is 0 Å². The van der Waals surface area contributed by atoms with Crippen LogP contribution in [0.25, 0.3) is 10.9 Å². The molecule has 1 aromatic heterocycles. The van der Waals surface area contributed by atoms with Crippen molar-refractivity contribution in [2.45, 2.75) is 25.7 Å². The number of fused-ring (bicyclic) bond motifs is 1. The molecule has 6 nitrogen and oxygen atoms in total. The van der Waals surface area contributed by atoms with Crippen LogP contribution in [0.5, 0.6) is 5.88 Å². The summed E-state index contributed by atoms with van der Waals surface area (Å²) in [4.78, 5) is 6.87. The second-order valence-corrected chi connectivity index (χ2v) is 7.30. The summed E-state index contributed by atoms with van der Waals surface area (Å²) in [5.41, 5.74) is 1.32. The van der Waals surface area contributed by atoms with Crippen molar-refractivity contribution < 1.29 is 23.4 Å². The lowest BCUT2D eigenvalue weighted by Crippen LogP contribution is -2.26. The monoisotopic (exact) mass is 401 g/mol. The Bertz CT molecular complexity index is 1080. The molecule has 29 heavy (non-hydrogen) atoms. The van der Waals surface area contributed by atoms with Crippen LogP contribution in [0, 0.1) is 11.6 Å².